The Bertz CT molecular complexity index is 249. The van der Waals surface area contributed by atoms with E-state index < -0.39 is 29.9 Å². The summed E-state index contributed by atoms with van der Waals surface area (Å²) in [4.78, 5) is 32.2. The van der Waals surface area contributed by atoms with Crippen molar-refractivity contribution in [2.75, 3.05) is 0 Å². The fraction of sp³-hybridized carbons (Fsp3) is 0.286. The number of primary amides is 1. The second-order valence-electron chi connectivity index (χ2n) is 2.31. The third-order valence-corrected chi connectivity index (χ3v) is 1.38. The van der Waals surface area contributed by atoms with Crippen LogP contribution in [0.3, 0.4) is 0 Å². The molecule has 13 heavy (non-hydrogen) atoms. The van der Waals surface area contributed by atoms with Crippen molar-refractivity contribution >= 4 is 17.6 Å². The van der Waals surface area contributed by atoms with Gasteiger partial charge in [0.25, 0.3) is 5.91 Å². The zero-order valence-corrected chi connectivity index (χ0v) is 6.82. The SMILES string of the molecule is C=CC(=O)C(CC(N)=O)C(=O)NO. The van der Waals surface area contributed by atoms with Gasteiger partial charge in [0, 0.05) is 6.42 Å². The molecule has 0 aromatic carbocycles. The Morgan fingerprint density at radius 2 is 2.08 bits per heavy atom. The fourth-order valence-corrected chi connectivity index (χ4v) is 0.744. The lowest BCUT2D eigenvalue weighted by Crippen LogP contribution is -2.35. The second-order valence-corrected chi connectivity index (χ2v) is 2.31. The first-order valence-corrected chi connectivity index (χ1v) is 3.41. The van der Waals surface area contributed by atoms with Gasteiger partial charge in [0.15, 0.2) is 5.78 Å². The summed E-state index contributed by atoms with van der Waals surface area (Å²) < 4.78 is 0. The number of rotatable bonds is 5. The smallest absolute Gasteiger partial charge is 0.254 e. The van der Waals surface area contributed by atoms with Crippen molar-refractivity contribution in [2.24, 2.45) is 11.7 Å². The molecule has 0 rings (SSSR count). The molecule has 0 aromatic rings. The Balaban J connectivity index is 4.54. The first-order chi connectivity index (χ1) is 6.02. The monoisotopic (exact) mass is 186 g/mol. The molecule has 72 valence electrons. The normalized spacial score (nSPS) is 11.5. The van der Waals surface area contributed by atoms with Crippen molar-refractivity contribution in [2.45, 2.75) is 6.42 Å². The van der Waals surface area contributed by atoms with Crippen molar-refractivity contribution in [1.82, 2.24) is 5.48 Å². The molecule has 0 spiro atoms. The van der Waals surface area contributed by atoms with Crippen molar-refractivity contribution in [3.05, 3.63) is 12.7 Å². The molecule has 0 heterocycles. The zero-order chi connectivity index (χ0) is 10.4. The van der Waals surface area contributed by atoms with E-state index in [-0.39, 0.29) is 0 Å². The van der Waals surface area contributed by atoms with E-state index in [1.165, 1.54) is 5.48 Å². The Hall–Kier alpha value is -1.69. The van der Waals surface area contributed by atoms with Crippen LogP contribution in [0.4, 0.5) is 0 Å². The van der Waals surface area contributed by atoms with Crippen LogP contribution in [0.2, 0.25) is 0 Å². The minimum Gasteiger partial charge on any atom is -0.370 e. The third-order valence-electron chi connectivity index (χ3n) is 1.38. The summed E-state index contributed by atoms with van der Waals surface area (Å²) in [6.07, 6.45) is 0.445. The fourth-order valence-electron chi connectivity index (χ4n) is 0.744. The molecule has 6 nitrogen and oxygen atoms in total. The molecule has 0 bridgehead atoms. The van der Waals surface area contributed by atoms with E-state index in [0.29, 0.717) is 0 Å². The van der Waals surface area contributed by atoms with Crippen LogP contribution in [0.15, 0.2) is 12.7 Å². The van der Waals surface area contributed by atoms with E-state index in [1.54, 1.807) is 0 Å². The first kappa shape index (κ1) is 11.3. The van der Waals surface area contributed by atoms with Crippen LogP contribution in [0.25, 0.3) is 0 Å². The number of carbonyl (C=O) groups excluding carboxylic acids is 3. The summed E-state index contributed by atoms with van der Waals surface area (Å²) in [5.41, 5.74) is 6.06. The summed E-state index contributed by atoms with van der Waals surface area (Å²) >= 11 is 0. The predicted octanol–water partition coefficient (Wildman–Crippen LogP) is -1.26. The maximum Gasteiger partial charge on any atom is 0.254 e. The van der Waals surface area contributed by atoms with Gasteiger partial charge in [-0.15, -0.1) is 0 Å². The minimum atomic E-state index is -1.29. The summed E-state index contributed by atoms with van der Waals surface area (Å²) in [5, 5.41) is 8.22. The molecule has 1 atom stereocenters. The van der Waals surface area contributed by atoms with Gasteiger partial charge in [0.05, 0.1) is 0 Å². The lowest BCUT2D eigenvalue weighted by molar-refractivity contribution is -0.140. The highest BCUT2D eigenvalue weighted by Gasteiger charge is 2.25. The van der Waals surface area contributed by atoms with Gasteiger partial charge in [-0.2, -0.15) is 0 Å². The van der Waals surface area contributed by atoms with Gasteiger partial charge in [-0.05, 0) is 6.08 Å². The van der Waals surface area contributed by atoms with Gasteiger partial charge in [-0.25, -0.2) is 5.48 Å². The number of hydrogen-bond acceptors (Lipinski definition) is 4. The highest BCUT2D eigenvalue weighted by Crippen LogP contribution is 2.04. The van der Waals surface area contributed by atoms with Crippen LogP contribution in [-0.4, -0.2) is 22.8 Å². The highest BCUT2D eigenvalue weighted by molar-refractivity contribution is 6.08. The Labute approximate surface area is 74.4 Å². The van der Waals surface area contributed by atoms with Gasteiger partial charge >= 0.3 is 0 Å². The topological polar surface area (TPSA) is 109 Å². The molecule has 1 unspecified atom stereocenters. The van der Waals surface area contributed by atoms with Crippen molar-refractivity contribution in [1.29, 1.82) is 0 Å². The van der Waals surface area contributed by atoms with Gasteiger partial charge in [0.2, 0.25) is 5.91 Å². The summed E-state index contributed by atoms with van der Waals surface area (Å²) in [6.45, 7) is 3.14. The molecule has 0 fully saturated rings. The predicted molar refractivity (Wildman–Crippen MR) is 42.4 cm³/mol. The van der Waals surface area contributed by atoms with Gasteiger partial charge in [-0.3, -0.25) is 19.6 Å². The molecule has 2 amide bonds. The van der Waals surface area contributed by atoms with Crippen molar-refractivity contribution in [3.63, 3.8) is 0 Å². The average molecular weight is 186 g/mol. The number of ketones is 1. The molecule has 0 aliphatic carbocycles. The molecule has 6 heteroatoms. The van der Waals surface area contributed by atoms with E-state index in [9.17, 15) is 14.4 Å². The van der Waals surface area contributed by atoms with Crippen LogP contribution < -0.4 is 11.2 Å². The van der Waals surface area contributed by atoms with E-state index in [4.69, 9.17) is 10.9 Å². The molecule has 0 radical (unpaired) electrons. The summed E-state index contributed by atoms with van der Waals surface area (Å²) in [7, 11) is 0. The Kier molecular flexibility index (Phi) is 4.39. The molecule has 0 aliphatic rings. The summed E-state index contributed by atoms with van der Waals surface area (Å²) in [5.74, 6) is -3.72. The minimum absolute atomic E-state index is 0.447. The van der Waals surface area contributed by atoms with E-state index >= 15 is 0 Å². The number of nitrogens with two attached hydrogens (primary N) is 1. The lowest BCUT2D eigenvalue weighted by atomic mass is 9.99. The number of allylic oxidation sites excluding steroid dienone is 1. The summed E-state index contributed by atoms with van der Waals surface area (Å²) in [6, 6.07) is 0. The highest BCUT2D eigenvalue weighted by atomic mass is 16.5. The molecule has 0 aliphatic heterocycles. The lowest BCUT2D eigenvalue weighted by Gasteiger charge is -2.08. The maximum atomic E-state index is 11.0. The van der Waals surface area contributed by atoms with Crippen LogP contribution in [0.1, 0.15) is 6.42 Å². The number of hydroxylamine groups is 1. The maximum absolute atomic E-state index is 11.0. The average Bonchev–Trinajstić information content (AvgIpc) is 2.11. The molecule has 4 N–H and O–H groups in total. The first-order valence-electron chi connectivity index (χ1n) is 3.41. The number of hydrogen-bond donors (Lipinski definition) is 3. The van der Waals surface area contributed by atoms with Crippen LogP contribution in [0, 0.1) is 5.92 Å². The molecular weight excluding hydrogens is 176 g/mol. The molecule has 0 saturated heterocycles. The van der Waals surface area contributed by atoms with Crippen LogP contribution in [-0.2, 0) is 14.4 Å². The quantitative estimate of drug-likeness (QED) is 0.215. The molecular formula is C7H10N2O4. The van der Waals surface area contributed by atoms with Crippen molar-refractivity contribution < 1.29 is 19.6 Å². The van der Waals surface area contributed by atoms with Crippen molar-refractivity contribution in [3.8, 4) is 0 Å². The van der Waals surface area contributed by atoms with E-state index in [1.807, 2.05) is 0 Å². The van der Waals surface area contributed by atoms with Gasteiger partial charge < -0.3 is 5.73 Å². The standard InChI is InChI=1S/C7H10N2O4/c1-2-5(10)4(3-6(8)11)7(12)9-13/h2,4,13H,1,3H2,(H2,8,11)(H,9,12). The van der Waals surface area contributed by atoms with Gasteiger partial charge in [-0.1, -0.05) is 6.58 Å². The van der Waals surface area contributed by atoms with Crippen LogP contribution >= 0.6 is 0 Å². The van der Waals surface area contributed by atoms with Gasteiger partial charge in [0.1, 0.15) is 5.92 Å². The number of nitrogens with one attached hydrogen (secondary N) is 1. The zero-order valence-electron chi connectivity index (χ0n) is 6.82. The third kappa shape index (κ3) is 3.48. The Morgan fingerprint density at radius 1 is 1.54 bits per heavy atom. The van der Waals surface area contributed by atoms with Crippen LogP contribution in [0.5, 0.6) is 0 Å². The molecule has 0 saturated carbocycles. The Morgan fingerprint density at radius 3 is 2.38 bits per heavy atom. The largest absolute Gasteiger partial charge is 0.370 e. The number of amides is 2. The van der Waals surface area contributed by atoms with E-state index in [2.05, 4.69) is 6.58 Å². The number of carbonyl (C=O) groups is 3. The van der Waals surface area contributed by atoms with E-state index in [0.717, 1.165) is 6.08 Å². The molecule has 0 aromatic heterocycles. The second kappa shape index (κ2) is 5.04.